The van der Waals surface area contributed by atoms with Gasteiger partial charge in [0.05, 0.1) is 17.2 Å². The van der Waals surface area contributed by atoms with Gasteiger partial charge in [0.2, 0.25) is 0 Å². The zero-order valence-corrected chi connectivity index (χ0v) is 24.1. The van der Waals surface area contributed by atoms with Crippen molar-refractivity contribution in [2.24, 2.45) is 0 Å². The number of nitrogens with zero attached hydrogens (tertiary/aromatic N) is 2. The Hall–Kier alpha value is -6.13. The van der Waals surface area contributed by atoms with Crippen LogP contribution < -0.4 is 0 Å². The lowest BCUT2D eigenvalue weighted by atomic mass is 9.95. The van der Waals surface area contributed by atoms with Crippen LogP contribution in [0.4, 0.5) is 0 Å². The Balaban J connectivity index is 1.32. The maximum atomic E-state index is 6.53. The molecule has 0 saturated heterocycles. The third-order valence-electron chi connectivity index (χ3n) is 9.08. The van der Waals surface area contributed by atoms with Crippen molar-refractivity contribution in [3.8, 4) is 27.9 Å². The van der Waals surface area contributed by atoms with E-state index >= 15 is 0 Å². The molecule has 0 unspecified atom stereocenters. The van der Waals surface area contributed by atoms with Crippen LogP contribution in [0.15, 0.2) is 155 Å². The number of pyridine rings is 1. The van der Waals surface area contributed by atoms with Crippen LogP contribution in [0.2, 0.25) is 0 Å². The van der Waals surface area contributed by atoms with Crippen LogP contribution in [-0.4, -0.2) is 9.55 Å². The summed E-state index contributed by atoms with van der Waals surface area (Å²) in [4.78, 5) is 4.54. The second kappa shape index (κ2) is 9.18. The molecule has 0 aliphatic heterocycles. The third-order valence-corrected chi connectivity index (χ3v) is 9.08. The molecule has 0 atom stereocenters. The summed E-state index contributed by atoms with van der Waals surface area (Å²) in [7, 11) is 0. The molecule has 0 spiro atoms. The van der Waals surface area contributed by atoms with Crippen LogP contribution in [0.1, 0.15) is 0 Å². The Bertz CT molecular complexity index is 2590. The molecule has 10 rings (SSSR count). The third kappa shape index (κ3) is 3.51. The molecule has 4 heteroatoms. The fourth-order valence-electron chi connectivity index (χ4n) is 7.10. The molecule has 0 saturated carbocycles. The summed E-state index contributed by atoms with van der Waals surface area (Å²) < 4.78 is 15.4. The van der Waals surface area contributed by atoms with E-state index in [2.05, 4.69) is 119 Å². The summed E-state index contributed by atoms with van der Waals surface area (Å²) in [5, 5.41) is 6.82. The monoisotopic (exact) mass is 576 g/mol. The number of benzene rings is 6. The van der Waals surface area contributed by atoms with Crippen molar-refractivity contribution >= 4 is 65.7 Å². The number of hydrogen-bond acceptors (Lipinski definition) is 3. The number of fused-ring (bicyclic) bond motifs is 9. The van der Waals surface area contributed by atoms with Crippen molar-refractivity contribution in [1.82, 2.24) is 9.55 Å². The average molecular weight is 577 g/mol. The van der Waals surface area contributed by atoms with Gasteiger partial charge in [0.25, 0.3) is 0 Å². The fourth-order valence-corrected chi connectivity index (χ4v) is 7.10. The first-order valence-electron chi connectivity index (χ1n) is 15.1. The minimum atomic E-state index is 0.882. The minimum absolute atomic E-state index is 0.882. The minimum Gasteiger partial charge on any atom is -0.455 e. The van der Waals surface area contributed by atoms with Gasteiger partial charge < -0.3 is 13.4 Å². The Kier molecular flexibility index (Phi) is 4.96. The second-order valence-electron chi connectivity index (χ2n) is 11.6. The molecule has 10 aromatic rings. The predicted molar refractivity (Wildman–Crippen MR) is 184 cm³/mol. The van der Waals surface area contributed by atoms with Crippen molar-refractivity contribution in [1.29, 1.82) is 0 Å². The molecule has 0 aliphatic carbocycles. The molecule has 0 fully saturated rings. The topological polar surface area (TPSA) is 44.1 Å². The van der Waals surface area contributed by atoms with Crippen LogP contribution in [0.25, 0.3) is 93.6 Å². The van der Waals surface area contributed by atoms with Gasteiger partial charge in [-0.25, -0.2) is 0 Å². The van der Waals surface area contributed by atoms with Crippen molar-refractivity contribution in [2.75, 3.05) is 0 Å². The molecule has 0 amide bonds. The zero-order chi connectivity index (χ0) is 29.5. The largest absolute Gasteiger partial charge is 0.455 e. The second-order valence-corrected chi connectivity index (χ2v) is 11.6. The summed E-state index contributed by atoms with van der Waals surface area (Å²) in [6.07, 6.45) is 3.83. The number of rotatable bonds is 3. The fraction of sp³-hybridized carbons (Fsp3) is 0. The highest BCUT2D eigenvalue weighted by molar-refractivity contribution is 6.12. The molecular formula is C41H24N2O2. The first kappa shape index (κ1) is 24.3. The van der Waals surface area contributed by atoms with Crippen molar-refractivity contribution < 1.29 is 8.83 Å². The summed E-state index contributed by atoms with van der Waals surface area (Å²) in [6, 6.07) is 46.8. The quantitative estimate of drug-likeness (QED) is 0.210. The molecule has 4 nitrogen and oxygen atoms in total. The Labute approximate surface area is 257 Å². The van der Waals surface area contributed by atoms with Crippen LogP contribution in [0.5, 0.6) is 0 Å². The molecular weight excluding hydrogens is 552 g/mol. The van der Waals surface area contributed by atoms with Gasteiger partial charge in [0.15, 0.2) is 0 Å². The van der Waals surface area contributed by atoms with E-state index in [1.54, 1.807) is 0 Å². The Morgan fingerprint density at radius 3 is 1.62 bits per heavy atom. The van der Waals surface area contributed by atoms with Gasteiger partial charge in [-0.1, -0.05) is 91.0 Å². The summed E-state index contributed by atoms with van der Waals surface area (Å²) in [5.41, 5.74) is 11.0. The highest BCUT2D eigenvalue weighted by atomic mass is 16.3. The van der Waals surface area contributed by atoms with E-state index in [9.17, 15) is 0 Å². The lowest BCUT2D eigenvalue weighted by Gasteiger charge is -2.14. The van der Waals surface area contributed by atoms with Crippen molar-refractivity contribution in [2.45, 2.75) is 0 Å². The van der Waals surface area contributed by atoms with E-state index in [0.29, 0.717) is 0 Å². The molecule has 0 bridgehead atoms. The summed E-state index contributed by atoms with van der Waals surface area (Å²) >= 11 is 0. The molecule has 4 heterocycles. The first-order chi connectivity index (χ1) is 22.3. The smallest absolute Gasteiger partial charge is 0.143 e. The Morgan fingerprint density at radius 2 is 0.978 bits per heavy atom. The standard InChI is InChI=1S/C41H24N2O2/c1-4-16-36-30(9-1)31-19-20-42-24-37(31)43(36)27-22-25(28-12-7-14-34-32-10-2-5-17-38(32)44-40(28)34)21-26(23-27)29-13-8-15-35-33-11-3-6-18-39(33)45-41(29)35/h1-24H. The van der Waals surface area contributed by atoms with Crippen LogP contribution in [0.3, 0.4) is 0 Å². The van der Waals surface area contributed by atoms with E-state index in [-0.39, 0.29) is 0 Å². The van der Waals surface area contributed by atoms with Gasteiger partial charge >= 0.3 is 0 Å². The molecule has 0 aliphatic rings. The van der Waals surface area contributed by atoms with Crippen LogP contribution in [0, 0.1) is 0 Å². The molecule has 6 aromatic carbocycles. The van der Waals surface area contributed by atoms with Crippen LogP contribution in [-0.2, 0) is 0 Å². The predicted octanol–water partition coefficient (Wildman–Crippen LogP) is 11.3. The summed E-state index contributed by atoms with van der Waals surface area (Å²) in [5.74, 6) is 0. The number of hydrogen-bond donors (Lipinski definition) is 0. The molecule has 0 radical (unpaired) electrons. The number of aromatic nitrogens is 2. The van der Waals surface area contributed by atoms with E-state index in [4.69, 9.17) is 8.83 Å². The highest BCUT2D eigenvalue weighted by Crippen LogP contribution is 2.42. The van der Waals surface area contributed by atoms with Gasteiger partial charge in [0, 0.05) is 55.3 Å². The summed E-state index contributed by atoms with van der Waals surface area (Å²) in [6.45, 7) is 0. The van der Waals surface area contributed by atoms with Gasteiger partial charge in [0.1, 0.15) is 22.3 Å². The molecule has 45 heavy (non-hydrogen) atoms. The molecule has 210 valence electrons. The van der Waals surface area contributed by atoms with E-state index in [1.807, 2.05) is 36.7 Å². The van der Waals surface area contributed by atoms with Gasteiger partial charge in [-0.2, -0.15) is 0 Å². The van der Waals surface area contributed by atoms with Gasteiger partial charge in [-0.05, 0) is 53.6 Å². The van der Waals surface area contributed by atoms with Crippen molar-refractivity contribution in [3.05, 3.63) is 146 Å². The SMILES string of the molecule is c1ccc2c(c1)oc1c(-c3cc(-c4cccc5c4oc4ccccc45)cc(-n4c5ccccc5c5ccncc54)c3)cccc12. The van der Waals surface area contributed by atoms with Crippen LogP contribution >= 0.6 is 0 Å². The molecule has 0 N–H and O–H groups in total. The number of para-hydroxylation sites is 5. The molecule has 4 aromatic heterocycles. The van der Waals surface area contributed by atoms with E-state index in [1.165, 1.54) is 10.8 Å². The van der Waals surface area contributed by atoms with E-state index < -0.39 is 0 Å². The highest BCUT2D eigenvalue weighted by Gasteiger charge is 2.19. The average Bonchev–Trinajstić information content (AvgIpc) is 3.77. The normalized spacial score (nSPS) is 12.0. The first-order valence-corrected chi connectivity index (χ1v) is 15.1. The zero-order valence-electron chi connectivity index (χ0n) is 24.1. The van der Waals surface area contributed by atoms with Crippen molar-refractivity contribution in [3.63, 3.8) is 0 Å². The van der Waals surface area contributed by atoms with Gasteiger partial charge in [-0.3, -0.25) is 4.98 Å². The lowest BCUT2D eigenvalue weighted by Crippen LogP contribution is -1.96. The lowest BCUT2D eigenvalue weighted by molar-refractivity contribution is 0.670. The Morgan fingerprint density at radius 1 is 0.444 bits per heavy atom. The van der Waals surface area contributed by atoms with Gasteiger partial charge in [-0.15, -0.1) is 0 Å². The maximum absolute atomic E-state index is 6.53. The maximum Gasteiger partial charge on any atom is 0.143 e. The van der Waals surface area contributed by atoms with E-state index in [0.717, 1.165) is 82.9 Å². The number of furan rings is 2.